The van der Waals surface area contributed by atoms with Gasteiger partial charge in [0.1, 0.15) is 17.3 Å². The van der Waals surface area contributed by atoms with Crippen LogP contribution in [0.3, 0.4) is 0 Å². The number of ether oxygens (including phenoxy) is 6. The first-order chi connectivity index (χ1) is 23.7. The molecule has 264 valence electrons. The Morgan fingerprint density at radius 1 is 0.857 bits per heavy atom. The van der Waals surface area contributed by atoms with Crippen LogP contribution in [0.5, 0.6) is 0 Å². The molecule has 6 aliphatic rings. The molecule has 49 heavy (non-hydrogen) atoms. The second kappa shape index (κ2) is 11.9. The molecule has 1 spiro atoms. The van der Waals surface area contributed by atoms with E-state index in [0.717, 1.165) is 25.9 Å². The summed E-state index contributed by atoms with van der Waals surface area (Å²) in [6.45, 7) is 4.34. The van der Waals surface area contributed by atoms with E-state index in [1.54, 1.807) is 64.8 Å². The third kappa shape index (κ3) is 4.22. The molecule has 1 heterocycles. The van der Waals surface area contributed by atoms with Gasteiger partial charge in [-0.2, -0.15) is 0 Å². The Hall–Kier alpha value is -2.86. The number of fused-ring (bicyclic) bond motifs is 2. The molecule has 1 N–H and O–H groups in total. The van der Waals surface area contributed by atoms with Crippen molar-refractivity contribution in [2.75, 3.05) is 48.1 Å². The topological polar surface area (TPSA) is 113 Å². The molecule has 0 radical (unpaired) electrons. The Balaban J connectivity index is 1.39. The SMILES string of the molecule is CCN1C[C@]2(COC)CC[C@H](OC)[C@@]34[C@@H]5C[C@]6(O)[C@@H](OC)C[C@@](OC(=O)c7ccccc7)([C@H]5[C@H]6OC(=O)c5ccccc5)[C@@H]([C@H](OC)[C@H]23)[C@@H]14. The summed E-state index contributed by atoms with van der Waals surface area (Å²) in [5, 5.41) is 13.0. The highest BCUT2D eigenvalue weighted by Gasteiger charge is 2.89. The standard InChI is InChI=1S/C39H49NO9/c1-6-40-21-36(22-44-2)18-17-26(45-3)39-25-19-37(43)27(46-4)20-38(29(32(39)40)30(47-5)31(36)39,49-35(42)24-15-11-8-12-16-24)28(25)33(37)48-34(41)23-13-9-7-10-14-23/h7-16,25-33,43H,6,17-22H2,1-5H3/t25-,26+,27+,28-,29+,30+,31-,32-,33-,36+,37+,38-,39+/m1/s1. The second-order valence-corrected chi connectivity index (χ2v) is 15.4. The van der Waals surface area contributed by atoms with E-state index >= 15 is 0 Å². The van der Waals surface area contributed by atoms with E-state index < -0.39 is 46.7 Å². The van der Waals surface area contributed by atoms with Crippen molar-refractivity contribution in [3.8, 4) is 0 Å². The Kier molecular flexibility index (Phi) is 8.05. The largest absolute Gasteiger partial charge is 0.455 e. The predicted octanol–water partition coefficient (Wildman–Crippen LogP) is 4.00. The highest BCUT2D eigenvalue weighted by molar-refractivity contribution is 5.90. The lowest BCUT2D eigenvalue weighted by Gasteiger charge is -2.69. The van der Waals surface area contributed by atoms with Crippen LogP contribution in [0.2, 0.25) is 0 Å². The second-order valence-electron chi connectivity index (χ2n) is 15.4. The molecule has 8 rings (SSSR count). The van der Waals surface area contributed by atoms with Crippen LogP contribution in [-0.2, 0) is 28.4 Å². The van der Waals surface area contributed by atoms with Gasteiger partial charge in [0.25, 0.3) is 0 Å². The third-order valence-electron chi connectivity index (χ3n) is 14.0. The van der Waals surface area contributed by atoms with Crippen molar-refractivity contribution in [2.24, 2.45) is 34.5 Å². The predicted molar refractivity (Wildman–Crippen MR) is 178 cm³/mol. The first-order valence-corrected chi connectivity index (χ1v) is 17.8. The van der Waals surface area contributed by atoms with Gasteiger partial charge in [0, 0.05) is 76.0 Å². The third-order valence-corrected chi connectivity index (χ3v) is 14.0. The quantitative estimate of drug-likeness (QED) is 0.371. The molecule has 0 aromatic heterocycles. The Morgan fingerprint density at radius 2 is 1.51 bits per heavy atom. The number of rotatable bonds is 10. The van der Waals surface area contributed by atoms with Crippen LogP contribution in [0.4, 0.5) is 0 Å². The minimum absolute atomic E-state index is 0.0156. The van der Waals surface area contributed by atoms with Crippen LogP contribution in [0.1, 0.15) is 53.3 Å². The summed E-state index contributed by atoms with van der Waals surface area (Å²) in [6.07, 6.45) is 0.0166. The number of nitrogens with zero attached hydrogens (tertiary/aromatic N) is 1. The highest BCUT2D eigenvalue weighted by atomic mass is 16.6. The molecule has 10 heteroatoms. The summed E-state index contributed by atoms with van der Waals surface area (Å²) < 4.78 is 39.0. The van der Waals surface area contributed by atoms with E-state index in [4.69, 9.17) is 28.4 Å². The van der Waals surface area contributed by atoms with Gasteiger partial charge in [-0.3, -0.25) is 4.90 Å². The van der Waals surface area contributed by atoms with Gasteiger partial charge in [-0.25, -0.2) is 9.59 Å². The van der Waals surface area contributed by atoms with Crippen LogP contribution < -0.4 is 0 Å². The fourth-order valence-electron chi connectivity index (χ4n) is 12.8. The molecular weight excluding hydrogens is 626 g/mol. The van der Waals surface area contributed by atoms with Crippen molar-refractivity contribution in [2.45, 2.75) is 74.3 Å². The lowest BCUT2D eigenvalue weighted by molar-refractivity contribution is -0.282. The van der Waals surface area contributed by atoms with Crippen LogP contribution >= 0.6 is 0 Å². The average molecular weight is 676 g/mol. The lowest BCUT2D eigenvalue weighted by atomic mass is 9.43. The normalized spacial score (nSPS) is 44.4. The molecule has 0 unspecified atom stereocenters. The maximum Gasteiger partial charge on any atom is 0.338 e. The maximum absolute atomic E-state index is 14.4. The van der Waals surface area contributed by atoms with Crippen molar-refractivity contribution in [1.29, 1.82) is 0 Å². The van der Waals surface area contributed by atoms with E-state index in [2.05, 4.69) is 11.8 Å². The van der Waals surface area contributed by atoms with E-state index in [1.165, 1.54) is 0 Å². The zero-order chi connectivity index (χ0) is 34.3. The molecule has 0 amide bonds. The van der Waals surface area contributed by atoms with Gasteiger partial charge in [0.2, 0.25) is 0 Å². The van der Waals surface area contributed by atoms with E-state index in [0.29, 0.717) is 24.2 Å². The molecule has 2 aromatic carbocycles. The summed E-state index contributed by atoms with van der Waals surface area (Å²) in [7, 11) is 6.91. The molecule has 7 bridgehead atoms. The number of hydrogen-bond donors (Lipinski definition) is 1. The minimum atomic E-state index is -1.52. The monoisotopic (exact) mass is 675 g/mol. The summed E-state index contributed by atoms with van der Waals surface area (Å²) in [5.41, 5.74) is -2.67. The van der Waals surface area contributed by atoms with Gasteiger partial charge in [0.05, 0.1) is 36.0 Å². The molecular formula is C39H49NO9. The molecule has 1 aliphatic heterocycles. The number of benzene rings is 2. The van der Waals surface area contributed by atoms with E-state index in [-0.39, 0.29) is 47.8 Å². The first kappa shape index (κ1) is 33.3. The number of methoxy groups -OCH3 is 4. The van der Waals surface area contributed by atoms with Gasteiger partial charge in [0.15, 0.2) is 0 Å². The lowest BCUT2D eigenvalue weighted by Crippen LogP contribution is -2.77. The van der Waals surface area contributed by atoms with Crippen molar-refractivity contribution in [3.63, 3.8) is 0 Å². The van der Waals surface area contributed by atoms with Crippen molar-refractivity contribution in [3.05, 3.63) is 71.8 Å². The van der Waals surface area contributed by atoms with Crippen LogP contribution in [0, 0.1) is 34.5 Å². The molecule has 10 nitrogen and oxygen atoms in total. The summed E-state index contributed by atoms with van der Waals surface area (Å²) in [4.78, 5) is 30.9. The summed E-state index contributed by atoms with van der Waals surface area (Å²) >= 11 is 0. The zero-order valence-corrected chi connectivity index (χ0v) is 29.1. The first-order valence-electron chi connectivity index (χ1n) is 17.8. The number of likely N-dealkylation sites (tertiary alicyclic amines) is 1. The zero-order valence-electron chi connectivity index (χ0n) is 29.1. The van der Waals surface area contributed by atoms with E-state index in [1.807, 2.05) is 24.3 Å². The molecule has 13 atom stereocenters. The number of esters is 2. The summed E-state index contributed by atoms with van der Waals surface area (Å²) in [5.74, 6) is -2.12. The fourth-order valence-corrected chi connectivity index (χ4v) is 12.8. The van der Waals surface area contributed by atoms with Gasteiger partial charge < -0.3 is 33.5 Å². The van der Waals surface area contributed by atoms with Crippen molar-refractivity contribution < 1.29 is 43.1 Å². The average Bonchev–Trinajstić information content (AvgIpc) is 3.50. The van der Waals surface area contributed by atoms with Crippen molar-refractivity contribution in [1.82, 2.24) is 4.90 Å². The van der Waals surface area contributed by atoms with Crippen molar-refractivity contribution >= 4 is 11.9 Å². The number of hydrogen-bond acceptors (Lipinski definition) is 10. The number of piperidine rings is 1. The van der Waals surface area contributed by atoms with Crippen LogP contribution in [0.15, 0.2) is 60.7 Å². The smallest absolute Gasteiger partial charge is 0.338 e. The molecule has 6 fully saturated rings. The highest BCUT2D eigenvalue weighted by Crippen LogP contribution is 2.80. The van der Waals surface area contributed by atoms with Crippen LogP contribution in [-0.4, -0.2) is 112 Å². The van der Waals surface area contributed by atoms with Gasteiger partial charge >= 0.3 is 11.9 Å². The van der Waals surface area contributed by atoms with Gasteiger partial charge in [-0.15, -0.1) is 0 Å². The van der Waals surface area contributed by atoms with Crippen LogP contribution in [0.25, 0.3) is 0 Å². The number of carbonyl (C=O) groups excluding carboxylic acids is 2. The minimum Gasteiger partial charge on any atom is -0.455 e. The molecule has 5 saturated carbocycles. The Labute approximate surface area is 288 Å². The molecule has 5 aliphatic carbocycles. The maximum atomic E-state index is 14.4. The Morgan fingerprint density at radius 3 is 2.10 bits per heavy atom. The molecule has 1 saturated heterocycles. The molecule has 2 aromatic rings. The summed E-state index contributed by atoms with van der Waals surface area (Å²) in [6, 6.07) is 17.8. The fraction of sp³-hybridized carbons (Fsp3) is 0.641. The number of aliphatic hydroxyl groups is 1. The van der Waals surface area contributed by atoms with Gasteiger partial charge in [-0.1, -0.05) is 43.3 Å². The number of carbonyl (C=O) groups is 2. The van der Waals surface area contributed by atoms with E-state index in [9.17, 15) is 14.7 Å². The Bertz CT molecular complexity index is 1570. The van der Waals surface area contributed by atoms with Gasteiger partial charge in [-0.05, 0) is 56.0 Å².